The van der Waals surface area contributed by atoms with Crippen molar-refractivity contribution in [3.05, 3.63) is 168 Å². The molecule has 4 heterocycles. The molecule has 0 bridgehead atoms. The van der Waals surface area contributed by atoms with Crippen LogP contribution in [-0.4, -0.2) is 141 Å². The second-order valence-electron chi connectivity index (χ2n) is 19.1. The fourth-order valence-corrected chi connectivity index (χ4v) is 8.03. The number of aryl methyl sites for hydroxylation is 4. The summed E-state index contributed by atoms with van der Waals surface area (Å²) in [6, 6.07) is 36.1. The highest BCUT2D eigenvalue weighted by Crippen LogP contribution is 2.19. The molecule has 78 heavy (non-hydrogen) atoms. The summed E-state index contributed by atoms with van der Waals surface area (Å²) < 4.78 is 7.35. The number of nitrogens with zero attached hydrogens (tertiary/aromatic N) is 14. The Kier molecular flexibility index (Phi) is 29.4. The molecule has 6 N–H and O–H groups in total. The van der Waals surface area contributed by atoms with Gasteiger partial charge in [0.2, 0.25) is 0 Å². The van der Waals surface area contributed by atoms with Crippen LogP contribution in [0.4, 0.5) is 0 Å². The highest BCUT2D eigenvalue weighted by Gasteiger charge is 2.09. The molecule has 0 radical (unpaired) electrons. The number of hydrogen-bond donors (Lipinski definition) is 6. The Morgan fingerprint density at radius 2 is 0.654 bits per heavy atom. The van der Waals surface area contributed by atoms with Crippen molar-refractivity contribution >= 4 is 0 Å². The summed E-state index contributed by atoms with van der Waals surface area (Å²) in [4.78, 5) is 4.45. The lowest BCUT2D eigenvalue weighted by Crippen LogP contribution is -2.17. The highest BCUT2D eigenvalue weighted by atomic mass is 16.3. The fraction of sp³-hybridized carbons (Fsp3) is 0.448. The molecule has 0 aliphatic carbocycles. The standard InChI is InChI=1S/C16H24N4O.C15H22N4O.C14H19N3O2.C13H17N3O2/c1-19(12-15-8-4-2-5-9-15)13-16-14-20(18-17-16)10-6-3-7-11-21;1-18(11-14-7-3-2-4-8-14)12-15-13-19(17-16-15)9-5-6-10-20;18-9-3-1-2-8-17-10-14(15-16-17)13-6-4-12(11-19)5-7-13;17-8-2-1-7-16-9-13(14-15-16)12-5-3-11(10-18)4-6-12/h2,4-5,8-9,14,21H,3,6-7,10-13H2,1H3;2-4,7-8,13,20H,5-6,9-12H2,1H3;4-7,10,18-19H,1-3,8-9,11H2;3-6,9,17-18H,1-2,7-8,10H2. The summed E-state index contributed by atoms with van der Waals surface area (Å²) in [6.45, 7) is 7.74. The highest BCUT2D eigenvalue weighted by molar-refractivity contribution is 5.58. The zero-order valence-corrected chi connectivity index (χ0v) is 45.6. The van der Waals surface area contributed by atoms with Gasteiger partial charge in [-0.15, -0.1) is 20.4 Å². The van der Waals surface area contributed by atoms with E-state index >= 15 is 0 Å². The minimum absolute atomic E-state index is 0.0497. The maximum Gasteiger partial charge on any atom is 0.113 e. The van der Waals surface area contributed by atoms with Crippen molar-refractivity contribution < 1.29 is 30.6 Å². The third kappa shape index (κ3) is 24.2. The molecule has 0 unspecified atom stereocenters. The van der Waals surface area contributed by atoms with Crippen molar-refractivity contribution in [2.75, 3.05) is 40.5 Å². The molecule has 0 saturated heterocycles. The number of aliphatic hydroxyl groups excluding tert-OH is 6. The van der Waals surface area contributed by atoms with Gasteiger partial charge in [0.25, 0.3) is 0 Å². The van der Waals surface area contributed by atoms with Crippen LogP contribution in [0.25, 0.3) is 22.5 Å². The molecule has 0 aliphatic heterocycles. The molecule has 20 heteroatoms. The maximum absolute atomic E-state index is 8.99. The molecule has 8 aromatic rings. The van der Waals surface area contributed by atoms with Gasteiger partial charge >= 0.3 is 0 Å². The van der Waals surface area contributed by atoms with E-state index in [-0.39, 0.29) is 39.6 Å². The van der Waals surface area contributed by atoms with Crippen LogP contribution in [-0.2, 0) is 65.6 Å². The van der Waals surface area contributed by atoms with Gasteiger partial charge < -0.3 is 30.6 Å². The number of rotatable bonds is 30. The second kappa shape index (κ2) is 37.0. The van der Waals surface area contributed by atoms with E-state index in [0.717, 1.165) is 162 Å². The zero-order chi connectivity index (χ0) is 55.4. The largest absolute Gasteiger partial charge is 0.396 e. The minimum Gasteiger partial charge on any atom is -0.396 e. The van der Waals surface area contributed by atoms with Crippen LogP contribution < -0.4 is 0 Å². The van der Waals surface area contributed by atoms with Crippen molar-refractivity contribution in [2.45, 2.75) is 130 Å². The first-order valence-electron chi connectivity index (χ1n) is 27.1. The predicted octanol–water partition coefficient (Wildman–Crippen LogP) is 6.57. The maximum atomic E-state index is 8.99. The van der Waals surface area contributed by atoms with Crippen LogP contribution in [0.1, 0.15) is 97.8 Å². The third-order valence-corrected chi connectivity index (χ3v) is 12.2. The third-order valence-electron chi connectivity index (χ3n) is 12.2. The van der Waals surface area contributed by atoms with Gasteiger partial charge in [0.1, 0.15) is 11.4 Å². The molecule has 0 spiro atoms. The van der Waals surface area contributed by atoms with E-state index in [1.807, 2.05) is 99.5 Å². The summed E-state index contributed by atoms with van der Waals surface area (Å²) in [5, 5.41) is 85.9. The molecule has 8 rings (SSSR count). The van der Waals surface area contributed by atoms with Crippen LogP contribution in [0.15, 0.2) is 134 Å². The van der Waals surface area contributed by atoms with Gasteiger partial charge in [0.15, 0.2) is 0 Å². The van der Waals surface area contributed by atoms with Crippen LogP contribution in [0.5, 0.6) is 0 Å². The van der Waals surface area contributed by atoms with Crippen LogP contribution in [0, 0.1) is 0 Å². The fourth-order valence-electron chi connectivity index (χ4n) is 8.03. The second-order valence-corrected chi connectivity index (χ2v) is 19.1. The number of aromatic nitrogens is 12. The summed E-state index contributed by atoms with van der Waals surface area (Å²) in [7, 11) is 4.17. The van der Waals surface area contributed by atoms with Crippen molar-refractivity contribution in [1.82, 2.24) is 69.8 Å². The smallest absolute Gasteiger partial charge is 0.113 e. The Morgan fingerprint density at radius 1 is 0.333 bits per heavy atom. The average molecular weight is 1070 g/mol. The molecule has 0 atom stereocenters. The first-order chi connectivity index (χ1) is 38.2. The lowest BCUT2D eigenvalue weighted by atomic mass is 10.1. The van der Waals surface area contributed by atoms with E-state index in [0.29, 0.717) is 0 Å². The van der Waals surface area contributed by atoms with E-state index in [9.17, 15) is 0 Å². The predicted molar refractivity (Wildman–Crippen MR) is 301 cm³/mol. The summed E-state index contributed by atoms with van der Waals surface area (Å²) >= 11 is 0. The first kappa shape index (κ1) is 62.0. The van der Waals surface area contributed by atoms with Crippen LogP contribution >= 0.6 is 0 Å². The normalized spacial score (nSPS) is 11.0. The average Bonchev–Trinajstić information content (AvgIpc) is 4.33. The SMILES string of the molecule is CN(Cc1ccccc1)Cc1cn(CCCCCO)nn1.CN(Cc1ccccc1)Cc1cn(CCCCO)nn1.OCCCCCn1cc(-c2ccc(CO)cc2)nn1.OCCCCn1cc(-c2ccc(CO)cc2)nn1. The lowest BCUT2D eigenvalue weighted by Gasteiger charge is -2.14. The monoisotopic (exact) mass is 1070 g/mol. The molecule has 0 saturated carbocycles. The van der Waals surface area contributed by atoms with Crippen molar-refractivity contribution in [3.8, 4) is 22.5 Å². The molecule has 420 valence electrons. The molecule has 0 aliphatic rings. The Labute approximate surface area is 459 Å². The molecular weight excluding hydrogens is 989 g/mol. The van der Waals surface area contributed by atoms with Gasteiger partial charge in [-0.25, -0.2) is 0 Å². The summed E-state index contributed by atoms with van der Waals surface area (Å²) in [6.07, 6.45) is 17.0. The number of hydrogen-bond acceptors (Lipinski definition) is 16. The van der Waals surface area contributed by atoms with Crippen molar-refractivity contribution in [2.24, 2.45) is 0 Å². The van der Waals surface area contributed by atoms with Crippen molar-refractivity contribution in [1.29, 1.82) is 0 Å². The van der Waals surface area contributed by atoms with Gasteiger partial charge in [-0.3, -0.25) is 28.5 Å². The van der Waals surface area contributed by atoms with E-state index in [2.05, 4.69) is 114 Å². The van der Waals surface area contributed by atoms with Gasteiger partial charge in [-0.05, 0) is 101 Å². The molecule has 0 fully saturated rings. The minimum atomic E-state index is 0.0497. The van der Waals surface area contributed by atoms with E-state index < -0.39 is 0 Å². The lowest BCUT2D eigenvalue weighted by molar-refractivity contribution is 0.279. The van der Waals surface area contributed by atoms with Crippen LogP contribution in [0.3, 0.4) is 0 Å². The number of benzene rings is 4. The zero-order valence-electron chi connectivity index (χ0n) is 45.6. The molecular formula is C58H82N14O6. The van der Waals surface area contributed by atoms with Crippen molar-refractivity contribution in [3.63, 3.8) is 0 Å². The van der Waals surface area contributed by atoms with E-state index in [1.54, 1.807) is 4.68 Å². The van der Waals surface area contributed by atoms with E-state index in [4.69, 9.17) is 30.6 Å². The molecule has 20 nitrogen and oxygen atoms in total. The Hall–Kier alpha value is -6.88. The topological polar surface area (TPSA) is 251 Å². The molecule has 4 aromatic heterocycles. The Morgan fingerprint density at radius 3 is 1.00 bits per heavy atom. The number of unbranched alkanes of at least 4 members (excludes halogenated alkanes) is 6. The van der Waals surface area contributed by atoms with Gasteiger partial charge in [-0.1, -0.05) is 130 Å². The van der Waals surface area contributed by atoms with Gasteiger partial charge in [0, 0.05) is 102 Å². The molecule has 4 aromatic carbocycles. The Balaban J connectivity index is 0.000000192. The first-order valence-corrected chi connectivity index (χ1v) is 27.1. The molecule has 0 amide bonds. The van der Waals surface area contributed by atoms with Gasteiger partial charge in [0.05, 0.1) is 37.0 Å². The Bertz CT molecular complexity index is 2730. The summed E-state index contributed by atoms with van der Waals surface area (Å²) in [5.41, 5.74) is 9.99. The quantitative estimate of drug-likeness (QED) is 0.0261. The van der Waals surface area contributed by atoms with Crippen LogP contribution in [0.2, 0.25) is 0 Å². The summed E-state index contributed by atoms with van der Waals surface area (Å²) in [5.74, 6) is 0. The van der Waals surface area contributed by atoms with E-state index in [1.165, 1.54) is 11.1 Å². The van der Waals surface area contributed by atoms with Gasteiger partial charge in [-0.2, -0.15) is 0 Å². The number of aliphatic hydroxyl groups is 6.